The molecule has 2 atom stereocenters. The van der Waals surface area contributed by atoms with Crippen molar-refractivity contribution in [1.29, 1.82) is 0 Å². The van der Waals surface area contributed by atoms with Crippen LogP contribution in [0.15, 0.2) is 18.3 Å². The lowest BCUT2D eigenvalue weighted by atomic mass is 10.0. The lowest BCUT2D eigenvalue weighted by Crippen LogP contribution is -2.37. The maximum absolute atomic E-state index is 11.3. The number of carboxylic acids is 1. The molecule has 2 fully saturated rings. The number of aromatic nitrogens is 7. The van der Waals surface area contributed by atoms with Crippen LogP contribution in [0.2, 0.25) is 0 Å². The van der Waals surface area contributed by atoms with Crippen molar-refractivity contribution in [3.05, 3.63) is 35.4 Å². The summed E-state index contributed by atoms with van der Waals surface area (Å²) >= 11 is 0. The summed E-state index contributed by atoms with van der Waals surface area (Å²) in [5.41, 5.74) is 3.97. The molecule has 11 nitrogen and oxygen atoms in total. The van der Waals surface area contributed by atoms with Crippen molar-refractivity contribution in [3.8, 4) is 17.1 Å². The molecule has 0 aromatic carbocycles. The molecule has 0 radical (unpaired) electrons. The number of aryl methyl sites for hydroxylation is 2. The minimum atomic E-state index is -0.864. The molecule has 0 amide bonds. The van der Waals surface area contributed by atoms with E-state index in [1.807, 2.05) is 37.0 Å². The molecule has 0 unspecified atom stereocenters. The van der Waals surface area contributed by atoms with Gasteiger partial charge in [0, 0.05) is 19.7 Å². The first-order chi connectivity index (χ1) is 17.0. The summed E-state index contributed by atoms with van der Waals surface area (Å²) in [6, 6.07) is 3.69. The summed E-state index contributed by atoms with van der Waals surface area (Å²) < 4.78 is 15.0. The Labute approximate surface area is 203 Å². The van der Waals surface area contributed by atoms with Crippen LogP contribution in [0.25, 0.3) is 11.4 Å². The SMILES string of the molecule is Cc1nc(-c2nnn(C)c2Cn2cc(CC3CCCC3)nn2)ccc1O[C@H]1COC[C@H](C(=O)O)C1. The molecule has 1 saturated carbocycles. The molecular formula is C24H31N7O4. The molecule has 4 heterocycles. The Morgan fingerprint density at radius 2 is 2.03 bits per heavy atom. The Balaban J connectivity index is 1.29. The molecule has 0 bridgehead atoms. The molecule has 35 heavy (non-hydrogen) atoms. The smallest absolute Gasteiger partial charge is 0.308 e. The number of carbonyl (C=O) groups is 1. The predicted molar refractivity (Wildman–Crippen MR) is 125 cm³/mol. The van der Waals surface area contributed by atoms with Gasteiger partial charge in [0.15, 0.2) is 0 Å². The van der Waals surface area contributed by atoms with E-state index in [-0.39, 0.29) is 12.7 Å². The Morgan fingerprint density at radius 1 is 1.20 bits per heavy atom. The molecule has 186 valence electrons. The van der Waals surface area contributed by atoms with E-state index in [1.54, 1.807) is 4.68 Å². The van der Waals surface area contributed by atoms with Crippen molar-refractivity contribution in [1.82, 2.24) is 35.0 Å². The third kappa shape index (κ3) is 5.34. The third-order valence-corrected chi connectivity index (χ3v) is 6.91. The second-order valence-electron chi connectivity index (χ2n) is 9.60. The van der Waals surface area contributed by atoms with Crippen molar-refractivity contribution in [2.75, 3.05) is 13.2 Å². The lowest BCUT2D eigenvalue weighted by molar-refractivity contribution is -0.149. The van der Waals surface area contributed by atoms with Crippen LogP contribution in [0.3, 0.4) is 0 Å². The molecule has 1 aliphatic carbocycles. The number of aliphatic carboxylic acids is 1. The van der Waals surface area contributed by atoms with Crippen LogP contribution in [-0.2, 0) is 29.5 Å². The summed E-state index contributed by atoms with van der Waals surface area (Å²) in [5.74, 6) is -0.0977. The highest BCUT2D eigenvalue weighted by molar-refractivity contribution is 5.70. The van der Waals surface area contributed by atoms with Crippen molar-refractivity contribution in [2.24, 2.45) is 18.9 Å². The van der Waals surface area contributed by atoms with Gasteiger partial charge in [-0.15, -0.1) is 10.2 Å². The van der Waals surface area contributed by atoms with Gasteiger partial charge in [-0.25, -0.2) is 14.3 Å². The van der Waals surface area contributed by atoms with Gasteiger partial charge < -0.3 is 14.6 Å². The van der Waals surface area contributed by atoms with Crippen LogP contribution in [-0.4, -0.2) is 65.4 Å². The zero-order chi connectivity index (χ0) is 24.4. The maximum Gasteiger partial charge on any atom is 0.308 e. The summed E-state index contributed by atoms with van der Waals surface area (Å²) in [5, 5.41) is 26.5. The van der Waals surface area contributed by atoms with Crippen LogP contribution in [0.5, 0.6) is 5.75 Å². The monoisotopic (exact) mass is 481 g/mol. The van der Waals surface area contributed by atoms with Gasteiger partial charge in [-0.2, -0.15) is 0 Å². The average Bonchev–Trinajstić information content (AvgIpc) is 3.59. The molecule has 1 N–H and O–H groups in total. The van der Waals surface area contributed by atoms with Crippen LogP contribution in [0.1, 0.15) is 49.2 Å². The molecule has 0 spiro atoms. The van der Waals surface area contributed by atoms with Crippen LogP contribution < -0.4 is 4.74 Å². The standard InChI is InChI=1S/C24H31N7O4/c1-15-22(35-19-10-17(24(32)33)13-34-14-19)8-7-20(25-15)23-21(30(2)28-27-23)12-31-11-18(26-29-31)9-16-5-3-4-6-16/h7-8,11,16-17,19H,3-6,9-10,12-14H2,1-2H3,(H,32,33)/t17-,19-/m1/s1. The Morgan fingerprint density at radius 3 is 2.80 bits per heavy atom. The second-order valence-corrected chi connectivity index (χ2v) is 9.60. The first kappa shape index (κ1) is 23.4. The highest BCUT2D eigenvalue weighted by atomic mass is 16.5. The second kappa shape index (κ2) is 10.1. The highest BCUT2D eigenvalue weighted by Gasteiger charge is 2.29. The number of rotatable bonds is 8. The molecule has 1 aliphatic heterocycles. The van der Waals surface area contributed by atoms with Gasteiger partial charge in [0.2, 0.25) is 0 Å². The molecule has 1 saturated heterocycles. The molecule has 5 rings (SSSR count). The van der Waals surface area contributed by atoms with Gasteiger partial charge >= 0.3 is 5.97 Å². The molecular weight excluding hydrogens is 450 g/mol. The van der Waals surface area contributed by atoms with E-state index in [2.05, 4.69) is 20.6 Å². The molecule has 11 heteroatoms. The average molecular weight is 482 g/mol. The normalized spacial score (nSPS) is 20.9. The zero-order valence-electron chi connectivity index (χ0n) is 20.1. The summed E-state index contributed by atoms with van der Waals surface area (Å²) in [6.45, 7) is 2.93. The number of hydrogen-bond acceptors (Lipinski definition) is 8. The quantitative estimate of drug-likeness (QED) is 0.515. The third-order valence-electron chi connectivity index (χ3n) is 6.91. The predicted octanol–water partition coefficient (Wildman–Crippen LogP) is 2.43. The first-order valence-electron chi connectivity index (χ1n) is 12.2. The van der Waals surface area contributed by atoms with E-state index in [1.165, 1.54) is 25.7 Å². The van der Waals surface area contributed by atoms with Crippen molar-refractivity contribution in [2.45, 2.75) is 58.1 Å². The van der Waals surface area contributed by atoms with Crippen LogP contribution in [0, 0.1) is 18.8 Å². The number of nitrogens with zero attached hydrogens (tertiary/aromatic N) is 7. The largest absolute Gasteiger partial charge is 0.486 e. The van der Waals surface area contributed by atoms with E-state index in [9.17, 15) is 9.90 Å². The van der Waals surface area contributed by atoms with E-state index >= 15 is 0 Å². The Kier molecular flexibility index (Phi) is 6.76. The van der Waals surface area contributed by atoms with Gasteiger partial charge in [-0.05, 0) is 31.4 Å². The van der Waals surface area contributed by atoms with E-state index < -0.39 is 11.9 Å². The number of pyridine rings is 1. The fourth-order valence-corrected chi connectivity index (χ4v) is 4.96. The zero-order valence-corrected chi connectivity index (χ0v) is 20.1. The Hall–Kier alpha value is -3.34. The van der Waals surface area contributed by atoms with Crippen LogP contribution in [0.4, 0.5) is 0 Å². The number of carboxylic acid groups (broad SMARTS) is 1. The minimum absolute atomic E-state index is 0.217. The van der Waals surface area contributed by atoms with Gasteiger partial charge in [-0.1, -0.05) is 36.1 Å². The maximum atomic E-state index is 11.3. The molecule has 3 aromatic heterocycles. The van der Waals surface area contributed by atoms with Gasteiger partial charge in [0.05, 0.1) is 48.5 Å². The van der Waals surface area contributed by atoms with Crippen LogP contribution >= 0.6 is 0 Å². The van der Waals surface area contributed by atoms with E-state index in [0.29, 0.717) is 42.4 Å². The first-order valence-corrected chi connectivity index (χ1v) is 12.2. The van der Waals surface area contributed by atoms with Crippen molar-refractivity contribution >= 4 is 5.97 Å². The molecule has 2 aliphatic rings. The highest BCUT2D eigenvalue weighted by Crippen LogP contribution is 2.28. The van der Waals surface area contributed by atoms with Gasteiger partial charge in [-0.3, -0.25) is 4.79 Å². The van der Waals surface area contributed by atoms with Gasteiger partial charge in [0.1, 0.15) is 17.5 Å². The summed E-state index contributed by atoms with van der Waals surface area (Å²) in [4.78, 5) is 16.0. The summed E-state index contributed by atoms with van der Waals surface area (Å²) in [6.07, 6.45) is 8.27. The van der Waals surface area contributed by atoms with Gasteiger partial charge in [0.25, 0.3) is 0 Å². The van der Waals surface area contributed by atoms with Crippen molar-refractivity contribution < 1.29 is 19.4 Å². The number of hydrogen-bond donors (Lipinski definition) is 1. The van der Waals surface area contributed by atoms with E-state index in [0.717, 1.165) is 23.7 Å². The van der Waals surface area contributed by atoms with E-state index in [4.69, 9.17) is 14.5 Å². The van der Waals surface area contributed by atoms with Crippen molar-refractivity contribution in [3.63, 3.8) is 0 Å². The Bertz CT molecular complexity index is 1180. The number of ether oxygens (including phenoxy) is 2. The minimum Gasteiger partial charge on any atom is -0.486 e. The summed E-state index contributed by atoms with van der Waals surface area (Å²) in [7, 11) is 1.86. The lowest BCUT2D eigenvalue weighted by Gasteiger charge is -2.27. The topological polar surface area (TPSA) is 130 Å². The fourth-order valence-electron chi connectivity index (χ4n) is 4.96. The molecule has 3 aromatic rings. The fraction of sp³-hybridized carbons (Fsp3) is 0.583.